The Balaban J connectivity index is 0.000000810. The number of pyridine rings is 1. The van der Waals surface area contributed by atoms with Crippen LogP contribution < -0.4 is 0 Å². The Labute approximate surface area is 79.8 Å². The largest absolute Gasteiger partial charge is 0.260 e. The van der Waals surface area contributed by atoms with Gasteiger partial charge in [-0.05, 0) is 18.6 Å². The number of nitrogens with zero attached hydrogens (tertiary/aromatic N) is 1. The predicted octanol–water partition coefficient (Wildman–Crippen LogP) is 2.86. The van der Waals surface area contributed by atoms with E-state index in [4.69, 9.17) is 0 Å². The summed E-state index contributed by atoms with van der Waals surface area (Å²) >= 11 is 3.32. The number of aromatic nitrogens is 1. The Morgan fingerprint density at radius 1 is 1.50 bits per heavy atom. The van der Waals surface area contributed by atoms with E-state index in [1.54, 1.807) is 0 Å². The maximum Gasteiger partial charge on any atom is 0.0509 e. The van der Waals surface area contributed by atoms with E-state index >= 15 is 0 Å². The number of alkyl halides is 1. The zero-order valence-electron chi connectivity index (χ0n) is 5.67. The fourth-order valence-corrected chi connectivity index (χ4v) is 0.909. The molecule has 0 unspecified atom stereocenters. The standard InChI is InChI=1S/C7H8BrN.BrH/c1-6-2-3-7(4-8)9-5-6;/h2-3,5H,4H2,1H3;1H. The summed E-state index contributed by atoms with van der Waals surface area (Å²) < 4.78 is 0. The maximum absolute atomic E-state index is 4.15. The van der Waals surface area contributed by atoms with Gasteiger partial charge < -0.3 is 0 Å². The number of aryl methyl sites for hydroxylation is 1. The minimum absolute atomic E-state index is 0. The summed E-state index contributed by atoms with van der Waals surface area (Å²) in [5, 5.41) is 0.841. The minimum Gasteiger partial charge on any atom is -0.260 e. The molecule has 0 aliphatic carbocycles. The molecule has 1 heterocycles. The second-order valence-electron chi connectivity index (χ2n) is 1.96. The third kappa shape index (κ3) is 2.80. The molecule has 0 radical (unpaired) electrons. The lowest BCUT2D eigenvalue weighted by Gasteiger charge is -1.92. The highest BCUT2D eigenvalue weighted by Crippen LogP contribution is 2.01. The van der Waals surface area contributed by atoms with Gasteiger partial charge in [-0.1, -0.05) is 22.0 Å². The van der Waals surface area contributed by atoms with Gasteiger partial charge in [0, 0.05) is 11.5 Å². The molecule has 1 aromatic rings. The zero-order valence-corrected chi connectivity index (χ0v) is 8.97. The average Bonchev–Trinajstić information content (AvgIpc) is 1.90. The molecule has 0 atom stereocenters. The van der Waals surface area contributed by atoms with Crippen LogP contribution in [0.25, 0.3) is 0 Å². The summed E-state index contributed by atoms with van der Waals surface area (Å²) in [6.07, 6.45) is 1.87. The molecule has 0 amide bonds. The lowest BCUT2D eigenvalue weighted by Crippen LogP contribution is -1.82. The van der Waals surface area contributed by atoms with Crippen LogP contribution in [-0.2, 0) is 5.33 Å². The summed E-state index contributed by atoms with van der Waals surface area (Å²) in [7, 11) is 0. The van der Waals surface area contributed by atoms with Crippen LogP contribution in [0.5, 0.6) is 0 Å². The Bertz CT molecular complexity index is 183. The van der Waals surface area contributed by atoms with E-state index < -0.39 is 0 Å². The Kier molecular flexibility index (Phi) is 4.91. The molecule has 3 heteroatoms. The normalized spacial score (nSPS) is 8.60. The highest BCUT2D eigenvalue weighted by atomic mass is 79.9. The van der Waals surface area contributed by atoms with Crippen LogP contribution in [0.2, 0.25) is 0 Å². The highest BCUT2D eigenvalue weighted by Gasteiger charge is 1.87. The van der Waals surface area contributed by atoms with Crippen molar-refractivity contribution in [3.05, 3.63) is 29.6 Å². The van der Waals surface area contributed by atoms with Gasteiger partial charge in [-0.15, -0.1) is 17.0 Å². The van der Waals surface area contributed by atoms with Crippen molar-refractivity contribution in [1.29, 1.82) is 0 Å². The zero-order chi connectivity index (χ0) is 6.69. The van der Waals surface area contributed by atoms with Gasteiger partial charge in [-0.3, -0.25) is 4.98 Å². The molecule has 0 N–H and O–H groups in total. The van der Waals surface area contributed by atoms with E-state index in [0.717, 1.165) is 11.0 Å². The maximum atomic E-state index is 4.15. The molecule has 10 heavy (non-hydrogen) atoms. The molecule has 0 bridgehead atoms. The van der Waals surface area contributed by atoms with Crippen LogP contribution in [0.15, 0.2) is 18.3 Å². The van der Waals surface area contributed by atoms with E-state index in [1.807, 2.05) is 19.2 Å². The first-order valence-electron chi connectivity index (χ1n) is 2.80. The Hall–Kier alpha value is 0.110. The minimum atomic E-state index is 0. The summed E-state index contributed by atoms with van der Waals surface area (Å²) in [6, 6.07) is 4.08. The fraction of sp³-hybridized carbons (Fsp3) is 0.286. The summed E-state index contributed by atoms with van der Waals surface area (Å²) in [5.41, 5.74) is 2.29. The number of hydrogen-bond acceptors (Lipinski definition) is 1. The first kappa shape index (κ1) is 10.1. The van der Waals surface area contributed by atoms with Crippen LogP contribution in [0.1, 0.15) is 11.3 Å². The van der Waals surface area contributed by atoms with Crippen molar-refractivity contribution in [3.8, 4) is 0 Å². The van der Waals surface area contributed by atoms with Crippen molar-refractivity contribution >= 4 is 32.9 Å². The molecule has 1 rings (SSSR count). The molecular formula is C7H9Br2N. The average molecular weight is 267 g/mol. The van der Waals surface area contributed by atoms with Crippen LogP contribution in [0.3, 0.4) is 0 Å². The van der Waals surface area contributed by atoms with Gasteiger partial charge in [0.1, 0.15) is 0 Å². The molecule has 0 aliphatic heterocycles. The van der Waals surface area contributed by atoms with Gasteiger partial charge in [0.2, 0.25) is 0 Å². The van der Waals surface area contributed by atoms with E-state index in [1.165, 1.54) is 5.56 Å². The van der Waals surface area contributed by atoms with E-state index in [2.05, 4.69) is 27.0 Å². The molecular weight excluding hydrogens is 258 g/mol. The number of hydrogen-bond donors (Lipinski definition) is 0. The third-order valence-corrected chi connectivity index (χ3v) is 1.68. The quantitative estimate of drug-likeness (QED) is 0.713. The summed E-state index contributed by atoms with van der Waals surface area (Å²) in [6.45, 7) is 2.03. The summed E-state index contributed by atoms with van der Waals surface area (Å²) in [4.78, 5) is 4.15. The van der Waals surface area contributed by atoms with Crippen molar-refractivity contribution in [2.45, 2.75) is 12.3 Å². The molecule has 1 aromatic heterocycles. The Morgan fingerprint density at radius 2 is 2.20 bits per heavy atom. The number of halogens is 2. The SMILES string of the molecule is Br.Cc1ccc(CBr)nc1. The van der Waals surface area contributed by atoms with Gasteiger partial charge in [-0.25, -0.2) is 0 Å². The van der Waals surface area contributed by atoms with Gasteiger partial charge in [0.15, 0.2) is 0 Å². The Morgan fingerprint density at radius 3 is 2.60 bits per heavy atom. The van der Waals surface area contributed by atoms with Crippen LogP contribution in [-0.4, -0.2) is 4.98 Å². The van der Waals surface area contributed by atoms with Crippen LogP contribution in [0.4, 0.5) is 0 Å². The van der Waals surface area contributed by atoms with Gasteiger partial charge >= 0.3 is 0 Å². The third-order valence-electron chi connectivity index (χ3n) is 1.11. The molecule has 0 aromatic carbocycles. The molecule has 0 spiro atoms. The van der Waals surface area contributed by atoms with Crippen molar-refractivity contribution in [3.63, 3.8) is 0 Å². The van der Waals surface area contributed by atoms with Crippen molar-refractivity contribution in [2.75, 3.05) is 0 Å². The van der Waals surface area contributed by atoms with Gasteiger partial charge in [0.05, 0.1) is 5.69 Å². The van der Waals surface area contributed by atoms with Crippen LogP contribution >= 0.6 is 32.9 Å². The molecule has 0 fully saturated rings. The van der Waals surface area contributed by atoms with Gasteiger partial charge in [0.25, 0.3) is 0 Å². The lowest BCUT2D eigenvalue weighted by atomic mass is 10.3. The fourth-order valence-electron chi connectivity index (χ4n) is 0.577. The highest BCUT2D eigenvalue weighted by molar-refractivity contribution is 9.08. The van der Waals surface area contributed by atoms with Crippen LogP contribution in [0, 0.1) is 6.92 Å². The number of rotatable bonds is 1. The monoisotopic (exact) mass is 265 g/mol. The topological polar surface area (TPSA) is 12.9 Å². The molecule has 56 valence electrons. The van der Waals surface area contributed by atoms with E-state index in [9.17, 15) is 0 Å². The van der Waals surface area contributed by atoms with E-state index in [0.29, 0.717) is 0 Å². The van der Waals surface area contributed by atoms with Crippen molar-refractivity contribution in [2.24, 2.45) is 0 Å². The van der Waals surface area contributed by atoms with Crippen molar-refractivity contribution in [1.82, 2.24) is 4.98 Å². The lowest BCUT2D eigenvalue weighted by molar-refractivity contribution is 1.16. The molecule has 1 nitrogen and oxygen atoms in total. The molecule has 0 saturated carbocycles. The first-order valence-corrected chi connectivity index (χ1v) is 3.92. The smallest absolute Gasteiger partial charge is 0.0509 e. The summed E-state index contributed by atoms with van der Waals surface area (Å²) in [5.74, 6) is 0. The molecule has 0 saturated heterocycles. The van der Waals surface area contributed by atoms with Crippen molar-refractivity contribution < 1.29 is 0 Å². The van der Waals surface area contributed by atoms with E-state index in [-0.39, 0.29) is 17.0 Å². The predicted molar refractivity (Wildman–Crippen MR) is 51.9 cm³/mol. The molecule has 0 aliphatic rings. The second-order valence-corrected chi connectivity index (χ2v) is 2.52. The second kappa shape index (κ2) is 4.85. The first-order chi connectivity index (χ1) is 4.33. The van der Waals surface area contributed by atoms with Gasteiger partial charge in [-0.2, -0.15) is 0 Å².